The molecule has 2 saturated heterocycles. The number of aliphatic carboxylic acids is 1. The summed E-state index contributed by atoms with van der Waals surface area (Å²) < 4.78 is 37.6. The average molecular weight is 450 g/mol. The number of thiazole rings is 1. The van der Waals surface area contributed by atoms with Crippen molar-refractivity contribution in [2.75, 3.05) is 39.4 Å². The molecule has 3 aliphatic rings. The van der Waals surface area contributed by atoms with Crippen LogP contribution in [0.2, 0.25) is 0 Å². The van der Waals surface area contributed by atoms with Gasteiger partial charge in [-0.05, 0) is 25.8 Å². The Morgan fingerprint density at radius 1 is 1.33 bits per heavy atom. The minimum atomic E-state index is -5.08. The number of carbonyl (C=O) groups excluding carboxylic acids is 1. The Bertz CT molecular complexity index is 730. The van der Waals surface area contributed by atoms with E-state index in [0.717, 1.165) is 52.0 Å². The van der Waals surface area contributed by atoms with Crippen molar-refractivity contribution in [1.82, 2.24) is 20.1 Å². The fourth-order valence-electron chi connectivity index (χ4n) is 3.59. The number of carboxylic acids is 1. The van der Waals surface area contributed by atoms with Gasteiger partial charge >= 0.3 is 18.2 Å². The zero-order valence-electron chi connectivity index (χ0n) is 16.4. The molecule has 12 heteroatoms. The van der Waals surface area contributed by atoms with Crippen molar-refractivity contribution in [3.05, 3.63) is 16.6 Å². The smallest absolute Gasteiger partial charge is 0.475 e. The van der Waals surface area contributed by atoms with Gasteiger partial charge in [-0.3, -0.25) is 4.90 Å². The number of hydrogen-bond donors (Lipinski definition) is 2. The van der Waals surface area contributed by atoms with E-state index < -0.39 is 12.1 Å². The van der Waals surface area contributed by atoms with Crippen LogP contribution in [0.5, 0.6) is 0 Å². The number of carboxylic acid groups (broad SMARTS) is 1. The predicted molar refractivity (Wildman–Crippen MR) is 102 cm³/mol. The van der Waals surface area contributed by atoms with Crippen LogP contribution in [-0.2, 0) is 16.1 Å². The van der Waals surface area contributed by atoms with Gasteiger partial charge in [0.25, 0.3) is 0 Å². The minimum absolute atomic E-state index is 0.0780. The Kier molecular flexibility index (Phi) is 7.19. The minimum Gasteiger partial charge on any atom is -0.475 e. The summed E-state index contributed by atoms with van der Waals surface area (Å²) in [5.41, 5.74) is 0.0780. The standard InChI is InChI=1S/C16H24N4O2S.C2HF3O2/c21-15(18-13-1-2-13)20-6-7-22-12-16(11-20)3-5-19(10-16)9-14-17-4-8-23-14;3-2(4,5)1(6)7/h4,8,13H,1-3,5-7,9-12H2,(H,18,21);(H,6,7). The first-order chi connectivity index (χ1) is 14.2. The first-order valence-corrected chi connectivity index (χ1v) is 10.6. The summed E-state index contributed by atoms with van der Waals surface area (Å²) in [6.07, 6.45) is 0.127. The van der Waals surface area contributed by atoms with Gasteiger partial charge in [-0.2, -0.15) is 13.2 Å². The van der Waals surface area contributed by atoms with Crippen molar-refractivity contribution < 1.29 is 32.6 Å². The van der Waals surface area contributed by atoms with Gasteiger partial charge < -0.3 is 20.1 Å². The highest BCUT2D eigenvalue weighted by Gasteiger charge is 2.42. The molecule has 3 heterocycles. The molecule has 2 amide bonds. The van der Waals surface area contributed by atoms with Crippen LogP contribution in [-0.4, -0.2) is 83.5 Å². The fraction of sp³-hybridized carbons (Fsp3) is 0.722. The van der Waals surface area contributed by atoms with E-state index in [1.165, 1.54) is 5.01 Å². The van der Waals surface area contributed by atoms with Crippen LogP contribution in [0.3, 0.4) is 0 Å². The number of aromatic nitrogens is 1. The van der Waals surface area contributed by atoms with E-state index in [4.69, 9.17) is 14.6 Å². The molecule has 30 heavy (non-hydrogen) atoms. The van der Waals surface area contributed by atoms with Gasteiger partial charge in [-0.1, -0.05) is 0 Å². The molecule has 168 valence electrons. The number of halogens is 3. The first-order valence-electron chi connectivity index (χ1n) is 9.71. The maximum atomic E-state index is 12.4. The van der Waals surface area contributed by atoms with Gasteiger partial charge in [0, 0.05) is 42.7 Å². The normalized spacial score (nSPS) is 24.8. The molecule has 3 fully saturated rings. The first kappa shape index (κ1) is 22.8. The third-order valence-electron chi connectivity index (χ3n) is 5.23. The van der Waals surface area contributed by atoms with Crippen LogP contribution in [0.25, 0.3) is 0 Å². The third kappa shape index (κ3) is 6.54. The monoisotopic (exact) mass is 450 g/mol. The van der Waals surface area contributed by atoms with Gasteiger partial charge in [0.1, 0.15) is 5.01 Å². The summed E-state index contributed by atoms with van der Waals surface area (Å²) in [5.74, 6) is -2.76. The van der Waals surface area contributed by atoms with Crippen molar-refractivity contribution in [3.8, 4) is 0 Å². The highest BCUT2D eigenvalue weighted by Crippen LogP contribution is 2.34. The Hall–Kier alpha value is -1.92. The lowest BCUT2D eigenvalue weighted by atomic mass is 9.87. The zero-order chi connectivity index (χ0) is 21.8. The number of nitrogens with one attached hydrogen (secondary N) is 1. The number of urea groups is 1. The van der Waals surface area contributed by atoms with E-state index in [2.05, 4.69) is 15.2 Å². The maximum absolute atomic E-state index is 12.4. The molecule has 1 saturated carbocycles. The van der Waals surface area contributed by atoms with Crippen LogP contribution in [0.1, 0.15) is 24.3 Å². The number of hydrogen-bond acceptors (Lipinski definition) is 6. The van der Waals surface area contributed by atoms with Crippen LogP contribution in [0, 0.1) is 5.41 Å². The van der Waals surface area contributed by atoms with Crippen molar-refractivity contribution >= 4 is 23.3 Å². The molecule has 1 spiro atoms. The van der Waals surface area contributed by atoms with Gasteiger partial charge in [-0.25, -0.2) is 14.6 Å². The predicted octanol–water partition coefficient (Wildman–Crippen LogP) is 2.17. The lowest BCUT2D eigenvalue weighted by molar-refractivity contribution is -0.192. The largest absolute Gasteiger partial charge is 0.490 e. The molecular weight excluding hydrogens is 425 g/mol. The van der Waals surface area contributed by atoms with Gasteiger partial charge in [0.05, 0.1) is 19.8 Å². The van der Waals surface area contributed by atoms with E-state index in [0.29, 0.717) is 19.2 Å². The van der Waals surface area contributed by atoms with Gasteiger partial charge in [0.15, 0.2) is 0 Å². The van der Waals surface area contributed by atoms with Crippen molar-refractivity contribution in [1.29, 1.82) is 0 Å². The summed E-state index contributed by atoms with van der Waals surface area (Å²) in [6.45, 7) is 5.86. The number of rotatable bonds is 3. The van der Waals surface area contributed by atoms with E-state index >= 15 is 0 Å². The molecule has 1 aromatic heterocycles. The molecule has 2 aliphatic heterocycles. The number of nitrogens with zero attached hydrogens (tertiary/aromatic N) is 3. The van der Waals surface area contributed by atoms with Crippen molar-refractivity contribution in [3.63, 3.8) is 0 Å². The maximum Gasteiger partial charge on any atom is 0.490 e. The second kappa shape index (κ2) is 9.48. The second-order valence-electron chi connectivity index (χ2n) is 7.89. The van der Waals surface area contributed by atoms with E-state index in [9.17, 15) is 18.0 Å². The van der Waals surface area contributed by atoms with Crippen molar-refractivity contribution in [2.45, 2.75) is 38.0 Å². The highest BCUT2D eigenvalue weighted by molar-refractivity contribution is 7.09. The summed E-state index contributed by atoms with van der Waals surface area (Å²) in [7, 11) is 0. The lowest BCUT2D eigenvalue weighted by Gasteiger charge is -2.32. The summed E-state index contributed by atoms with van der Waals surface area (Å²) in [4.78, 5) is 30.1. The molecule has 2 N–H and O–H groups in total. The number of ether oxygens (including phenoxy) is 1. The number of amides is 2. The average Bonchev–Trinajstić information content (AvgIpc) is 3.24. The zero-order valence-corrected chi connectivity index (χ0v) is 17.2. The molecule has 4 rings (SSSR count). The lowest BCUT2D eigenvalue weighted by Crippen LogP contribution is -2.47. The summed E-state index contributed by atoms with van der Waals surface area (Å²) in [5, 5.41) is 13.4. The summed E-state index contributed by atoms with van der Waals surface area (Å²) >= 11 is 1.71. The molecule has 0 radical (unpaired) electrons. The number of alkyl halides is 3. The van der Waals surface area contributed by atoms with Crippen LogP contribution >= 0.6 is 11.3 Å². The van der Waals surface area contributed by atoms with E-state index in [1.54, 1.807) is 11.3 Å². The molecule has 1 aromatic rings. The molecule has 8 nitrogen and oxygen atoms in total. The van der Waals surface area contributed by atoms with Crippen LogP contribution in [0.4, 0.5) is 18.0 Å². The van der Waals surface area contributed by atoms with Gasteiger partial charge in [-0.15, -0.1) is 11.3 Å². The number of likely N-dealkylation sites (tertiary alicyclic amines) is 1. The van der Waals surface area contributed by atoms with Crippen LogP contribution in [0.15, 0.2) is 11.6 Å². The molecule has 1 unspecified atom stereocenters. The molecule has 1 aliphatic carbocycles. The highest BCUT2D eigenvalue weighted by atomic mass is 32.1. The Morgan fingerprint density at radius 3 is 2.67 bits per heavy atom. The Balaban J connectivity index is 0.000000318. The Morgan fingerprint density at radius 2 is 2.07 bits per heavy atom. The van der Waals surface area contributed by atoms with E-state index in [-0.39, 0.29) is 11.4 Å². The molecular formula is C18H25F3N4O4S. The van der Waals surface area contributed by atoms with Crippen LogP contribution < -0.4 is 5.32 Å². The molecule has 1 atom stereocenters. The SMILES string of the molecule is O=C(NC1CC1)N1CCOCC2(CCN(Cc3nccs3)C2)C1.O=C(O)C(F)(F)F. The molecule has 0 bridgehead atoms. The topological polar surface area (TPSA) is 95.0 Å². The fourth-order valence-corrected chi connectivity index (χ4v) is 4.25. The Labute approximate surface area is 176 Å². The van der Waals surface area contributed by atoms with Gasteiger partial charge in [0.2, 0.25) is 0 Å². The quantitative estimate of drug-likeness (QED) is 0.733. The number of carbonyl (C=O) groups is 2. The third-order valence-corrected chi connectivity index (χ3v) is 6.00. The van der Waals surface area contributed by atoms with Crippen molar-refractivity contribution in [2.24, 2.45) is 5.41 Å². The molecule has 0 aromatic carbocycles. The summed E-state index contributed by atoms with van der Waals surface area (Å²) in [6, 6.07) is 0.503. The second-order valence-corrected chi connectivity index (χ2v) is 8.87. The van der Waals surface area contributed by atoms with E-state index in [1.807, 2.05) is 16.5 Å².